The van der Waals surface area contributed by atoms with E-state index in [-0.39, 0.29) is 22.8 Å². The van der Waals surface area contributed by atoms with Crippen molar-refractivity contribution in [2.24, 2.45) is 0 Å². The lowest BCUT2D eigenvalue weighted by molar-refractivity contribution is 0.0940. The smallest absolute Gasteiger partial charge is 0.253 e. The summed E-state index contributed by atoms with van der Waals surface area (Å²) in [7, 11) is 0. The molecule has 1 unspecified atom stereocenters. The summed E-state index contributed by atoms with van der Waals surface area (Å²) >= 11 is 5.98. The lowest BCUT2D eigenvalue weighted by Gasteiger charge is -2.15. The maximum Gasteiger partial charge on any atom is 0.253 e. The van der Waals surface area contributed by atoms with Crippen LogP contribution in [0.4, 0.5) is 10.1 Å². The van der Waals surface area contributed by atoms with Crippen molar-refractivity contribution in [1.29, 1.82) is 0 Å². The van der Waals surface area contributed by atoms with E-state index in [0.717, 1.165) is 0 Å². The topological polar surface area (TPSA) is 55.1 Å². The van der Waals surface area contributed by atoms with Crippen molar-refractivity contribution in [2.75, 3.05) is 5.73 Å². The molecule has 2 aromatic carbocycles. The van der Waals surface area contributed by atoms with E-state index in [4.69, 9.17) is 17.3 Å². The molecule has 0 fully saturated rings. The van der Waals surface area contributed by atoms with Gasteiger partial charge in [0.1, 0.15) is 5.82 Å². The first-order chi connectivity index (χ1) is 9.47. The zero-order valence-electron chi connectivity index (χ0n) is 10.9. The van der Waals surface area contributed by atoms with Crippen LogP contribution in [0.5, 0.6) is 0 Å². The minimum atomic E-state index is -0.339. The Bertz CT molecular complexity index is 646. The van der Waals surface area contributed by atoms with Gasteiger partial charge in [-0.2, -0.15) is 0 Å². The molecule has 0 spiro atoms. The van der Waals surface area contributed by atoms with E-state index >= 15 is 0 Å². The van der Waals surface area contributed by atoms with Gasteiger partial charge in [-0.05, 0) is 42.8 Å². The van der Waals surface area contributed by atoms with Crippen molar-refractivity contribution in [2.45, 2.75) is 13.0 Å². The number of nitrogens with one attached hydrogen (secondary N) is 1. The molecule has 2 aromatic rings. The van der Waals surface area contributed by atoms with E-state index in [1.54, 1.807) is 31.2 Å². The number of carbonyl (C=O) groups is 1. The average molecular weight is 293 g/mol. The minimum Gasteiger partial charge on any atom is -0.399 e. The number of halogens is 2. The Hall–Kier alpha value is -2.07. The van der Waals surface area contributed by atoms with Gasteiger partial charge in [0.25, 0.3) is 5.91 Å². The molecule has 0 saturated carbocycles. The summed E-state index contributed by atoms with van der Waals surface area (Å²) in [6.45, 7) is 1.78. The predicted molar refractivity (Wildman–Crippen MR) is 78.1 cm³/mol. The van der Waals surface area contributed by atoms with Gasteiger partial charge in [-0.3, -0.25) is 4.79 Å². The van der Waals surface area contributed by atoms with Crippen LogP contribution in [0.3, 0.4) is 0 Å². The summed E-state index contributed by atoms with van der Waals surface area (Å²) in [5.41, 5.74) is 7.09. The van der Waals surface area contributed by atoms with E-state index in [1.165, 1.54) is 18.2 Å². The third kappa shape index (κ3) is 3.27. The maximum atomic E-state index is 13.1. The third-order valence-electron chi connectivity index (χ3n) is 2.93. The molecule has 5 heteroatoms. The van der Waals surface area contributed by atoms with Gasteiger partial charge in [-0.15, -0.1) is 0 Å². The molecule has 3 nitrogen and oxygen atoms in total. The standard InChI is InChI=1S/C15H14ClFN2O/c1-9(10-3-2-4-11(17)7-10)19-15(20)13-6-5-12(18)8-14(13)16/h2-9H,18H2,1H3,(H,19,20). The van der Waals surface area contributed by atoms with Gasteiger partial charge in [0, 0.05) is 5.69 Å². The van der Waals surface area contributed by atoms with Crippen molar-refractivity contribution in [3.05, 3.63) is 64.4 Å². The number of amides is 1. The number of hydrogen-bond donors (Lipinski definition) is 2. The SMILES string of the molecule is CC(NC(=O)c1ccc(N)cc1Cl)c1cccc(F)c1. The molecule has 0 aliphatic heterocycles. The maximum absolute atomic E-state index is 13.1. The monoisotopic (exact) mass is 292 g/mol. The fraction of sp³-hybridized carbons (Fsp3) is 0.133. The molecule has 0 radical (unpaired) electrons. The molecule has 0 saturated heterocycles. The van der Waals surface area contributed by atoms with Crippen LogP contribution in [0.25, 0.3) is 0 Å². The molecule has 2 rings (SSSR count). The number of benzene rings is 2. The quantitative estimate of drug-likeness (QED) is 0.850. The third-order valence-corrected chi connectivity index (χ3v) is 3.25. The molecule has 0 aromatic heterocycles. The molecule has 0 aliphatic carbocycles. The Morgan fingerprint density at radius 1 is 1.30 bits per heavy atom. The van der Waals surface area contributed by atoms with Crippen molar-refractivity contribution < 1.29 is 9.18 Å². The first kappa shape index (κ1) is 14.3. The minimum absolute atomic E-state index is 0.286. The zero-order chi connectivity index (χ0) is 14.7. The fourth-order valence-corrected chi connectivity index (χ4v) is 2.12. The summed E-state index contributed by atoms with van der Waals surface area (Å²) in [5.74, 6) is -0.666. The van der Waals surface area contributed by atoms with Gasteiger partial charge >= 0.3 is 0 Å². The van der Waals surface area contributed by atoms with Crippen LogP contribution in [-0.4, -0.2) is 5.91 Å². The van der Waals surface area contributed by atoms with Crippen LogP contribution in [0, 0.1) is 5.82 Å². The average Bonchev–Trinajstić information content (AvgIpc) is 2.38. The highest BCUT2D eigenvalue weighted by Gasteiger charge is 2.14. The first-order valence-corrected chi connectivity index (χ1v) is 6.46. The van der Waals surface area contributed by atoms with Crippen molar-refractivity contribution >= 4 is 23.2 Å². The fourth-order valence-electron chi connectivity index (χ4n) is 1.85. The molecule has 1 amide bonds. The van der Waals surface area contributed by atoms with Crippen LogP contribution >= 0.6 is 11.6 Å². The number of rotatable bonds is 3. The summed E-state index contributed by atoms with van der Waals surface area (Å²) < 4.78 is 13.1. The summed E-state index contributed by atoms with van der Waals surface area (Å²) in [6.07, 6.45) is 0. The second-order valence-electron chi connectivity index (χ2n) is 4.49. The van der Waals surface area contributed by atoms with Gasteiger partial charge in [0.2, 0.25) is 0 Å². The van der Waals surface area contributed by atoms with Gasteiger partial charge in [0.15, 0.2) is 0 Å². The largest absolute Gasteiger partial charge is 0.399 e. The molecule has 3 N–H and O–H groups in total. The molecule has 20 heavy (non-hydrogen) atoms. The van der Waals surface area contributed by atoms with Crippen molar-refractivity contribution in [3.8, 4) is 0 Å². The van der Waals surface area contributed by atoms with Crippen LogP contribution in [-0.2, 0) is 0 Å². The predicted octanol–water partition coefficient (Wildman–Crippen LogP) is 3.55. The number of anilines is 1. The number of nitrogen functional groups attached to an aromatic ring is 1. The first-order valence-electron chi connectivity index (χ1n) is 6.08. The highest BCUT2D eigenvalue weighted by atomic mass is 35.5. The summed E-state index contributed by atoms with van der Waals surface area (Å²) in [4.78, 5) is 12.1. The summed E-state index contributed by atoms with van der Waals surface area (Å²) in [5, 5.41) is 3.06. The van der Waals surface area contributed by atoms with Gasteiger partial charge in [-0.25, -0.2) is 4.39 Å². The van der Waals surface area contributed by atoms with Crippen molar-refractivity contribution in [3.63, 3.8) is 0 Å². The molecule has 1 atom stereocenters. The van der Waals surface area contributed by atoms with E-state index in [2.05, 4.69) is 5.32 Å². The Balaban J connectivity index is 2.15. The molecule has 104 valence electrons. The lowest BCUT2D eigenvalue weighted by Crippen LogP contribution is -2.27. The Labute approximate surface area is 121 Å². The van der Waals surface area contributed by atoms with Gasteiger partial charge in [-0.1, -0.05) is 23.7 Å². The molecule has 0 bridgehead atoms. The number of nitrogens with two attached hydrogens (primary N) is 1. The molecular weight excluding hydrogens is 279 g/mol. The second-order valence-corrected chi connectivity index (χ2v) is 4.90. The van der Waals surface area contributed by atoms with E-state index in [9.17, 15) is 9.18 Å². The number of hydrogen-bond acceptors (Lipinski definition) is 2. The van der Waals surface area contributed by atoms with E-state index in [1.807, 2.05) is 0 Å². The number of carbonyl (C=O) groups excluding carboxylic acids is 1. The van der Waals surface area contributed by atoms with Gasteiger partial charge in [0.05, 0.1) is 16.6 Å². The van der Waals surface area contributed by atoms with Gasteiger partial charge < -0.3 is 11.1 Å². The van der Waals surface area contributed by atoms with Crippen LogP contribution < -0.4 is 11.1 Å². The van der Waals surface area contributed by atoms with Crippen LogP contribution in [0.1, 0.15) is 28.9 Å². The zero-order valence-corrected chi connectivity index (χ0v) is 11.6. The van der Waals surface area contributed by atoms with E-state index in [0.29, 0.717) is 16.8 Å². The Morgan fingerprint density at radius 3 is 2.70 bits per heavy atom. The van der Waals surface area contributed by atoms with Crippen LogP contribution in [0.15, 0.2) is 42.5 Å². The van der Waals surface area contributed by atoms with E-state index < -0.39 is 0 Å². The molecular formula is C15H14ClFN2O. The normalized spacial score (nSPS) is 11.9. The highest BCUT2D eigenvalue weighted by Crippen LogP contribution is 2.20. The van der Waals surface area contributed by atoms with Crippen LogP contribution in [0.2, 0.25) is 5.02 Å². The lowest BCUT2D eigenvalue weighted by atomic mass is 10.1. The summed E-state index contributed by atoms with van der Waals surface area (Å²) in [6, 6.07) is 10.4. The Morgan fingerprint density at radius 2 is 2.05 bits per heavy atom. The molecule has 0 heterocycles. The Kier molecular flexibility index (Phi) is 4.25. The molecule has 0 aliphatic rings. The highest BCUT2D eigenvalue weighted by molar-refractivity contribution is 6.34. The second kappa shape index (κ2) is 5.92. The van der Waals surface area contributed by atoms with Crippen molar-refractivity contribution in [1.82, 2.24) is 5.32 Å².